The molecule has 2 rings (SSSR count). The maximum absolute atomic E-state index is 11.4. The Morgan fingerprint density at radius 3 is 2.50 bits per heavy atom. The Bertz CT molecular complexity index is 456. The molecule has 2 fully saturated rings. The van der Waals surface area contributed by atoms with Crippen LogP contribution in [0.25, 0.3) is 0 Å². The molecule has 1 aliphatic carbocycles. The van der Waals surface area contributed by atoms with Crippen molar-refractivity contribution in [3.8, 4) is 0 Å². The average Bonchev–Trinajstić information content (AvgIpc) is 2.87. The fourth-order valence-electron chi connectivity index (χ4n) is 3.57. The van der Waals surface area contributed by atoms with E-state index in [2.05, 4.69) is 15.6 Å². The molecular weight excluding hydrogens is 298 g/mol. The molecule has 1 unspecified atom stereocenters. The summed E-state index contributed by atoms with van der Waals surface area (Å²) in [6.07, 6.45) is 10.3. The van der Waals surface area contributed by atoms with E-state index in [0.717, 1.165) is 24.8 Å². The van der Waals surface area contributed by atoms with Gasteiger partial charge in [-0.05, 0) is 31.1 Å². The number of aliphatic imine (C=N–C) groups is 1. The quantitative estimate of drug-likeness (QED) is 0.444. The maximum Gasteiger partial charge on any atom is 0.190 e. The first-order valence-corrected chi connectivity index (χ1v) is 10.6. The van der Waals surface area contributed by atoms with Gasteiger partial charge in [-0.25, -0.2) is 8.42 Å². The van der Waals surface area contributed by atoms with Crippen molar-refractivity contribution in [3.63, 3.8) is 0 Å². The smallest absolute Gasteiger partial charge is 0.190 e. The van der Waals surface area contributed by atoms with E-state index in [-0.39, 0.29) is 5.92 Å². The number of hydrogen-bond donors (Lipinski definition) is 2. The molecule has 1 atom stereocenters. The minimum atomic E-state index is -2.78. The first-order valence-electron chi connectivity index (χ1n) is 8.74. The van der Waals surface area contributed by atoms with Gasteiger partial charge in [0.15, 0.2) is 15.8 Å². The zero-order valence-electron chi connectivity index (χ0n) is 13.8. The average molecular weight is 330 g/mol. The van der Waals surface area contributed by atoms with E-state index in [0.29, 0.717) is 18.1 Å². The molecular formula is C16H31N3O2S. The van der Waals surface area contributed by atoms with E-state index in [1.54, 1.807) is 7.05 Å². The van der Waals surface area contributed by atoms with Crippen LogP contribution in [-0.4, -0.2) is 46.0 Å². The lowest BCUT2D eigenvalue weighted by Crippen LogP contribution is -2.40. The molecule has 0 spiro atoms. The van der Waals surface area contributed by atoms with Gasteiger partial charge in [-0.2, -0.15) is 0 Å². The lowest BCUT2D eigenvalue weighted by atomic mass is 9.86. The lowest BCUT2D eigenvalue weighted by Gasteiger charge is -2.21. The molecule has 0 bridgehead atoms. The van der Waals surface area contributed by atoms with Crippen molar-refractivity contribution in [2.45, 2.75) is 51.4 Å². The Hall–Kier alpha value is -0.780. The summed E-state index contributed by atoms with van der Waals surface area (Å²) >= 11 is 0. The molecule has 128 valence electrons. The van der Waals surface area contributed by atoms with E-state index < -0.39 is 9.84 Å². The Balaban J connectivity index is 1.57. The van der Waals surface area contributed by atoms with Gasteiger partial charge in [0, 0.05) is 20.1 Å². The molecule has 0 aromatic rings. The standard InChI is InChI=1S/C16H31N3O2S/c1-17-16(19-12-15-9-11-22(20,21)13-15)18-10-5-8-14-6-3-2-4-7-14/h14-15H,2-13H2,1H3,(H2,17,18,19). The van der Waals surface area contributed by atoms with E-state index in [1.807, 2.05) is 0 Å². The SMILES string of the molecule is CN=C(NCCCC1CCCCC1)NCC1CCS(=O)(=O)C1. The van der Waals surface area contributed by atoms with Gasteiger partial charge in [-0.15, -0.1) is 0 Å². The van der Waals surface area contributed by atoms with Gasteiger partial charge < -0.3 is 10.6 Å². The number of rotatable bonds is 6. The van der Waals surface area contributed by atoms with Crippen molar-refractivity contribution < 1.29 is 8.42 Å². The Kier molecular flexibility index (Phi) is 6.99. The van der Waals surface area contributed by atoms with Crippen molar-refractivity contribution in [2.75, 3.05) is 31.6 Å². The predicted molar refractivity (Wildman–Crippen MR) is 91.9 cm³/mol. The predicted octanol–water partition coefficient (Wildman–Crippen LogP) is 1.95. The van der Waals surface area contributed by atoms with Crippen LogP contribution >= 0.6 is 0 Å². The van der Waals surface area contributed by atoms with E-state index in [4.69, 9.17) is 0 Å². The molecule has 2 aliphatic rings. The van der Waals surface area contributed by atoms with Gasteiger partial charge >= 0.3 is 0 Å². The second kappa shape index (κ2) is 8.75. The molecule has 0 amide bonds. The van der Waals surface area contributed by atoms with Gasteiger partial charge in [-0.3, -0.25) is 4.99 Å². The third kappa shape index (κ3) is 6.15. The van der Waals surface area contributed by atoms with Gasteiger partial charge in [-0.1, -0.05) is 32.1 Å². The van der Waals surface area contributed by atoms with Gasteiger partial charge in [0.1, 0.15) is 0 Å². The van der Waals surface area contributed by atoms with Crippen molar-refractivity contribution in [1.29, 1.82) is 0 Å². The highest BCUT2D eigenvalue weighted by Gasteiger charge is 2.27. The highest BCUT2D eigenvalue weighted by atomic mass is 32.2. The zero-order chi connectivity index (χ0) is 15.8. The van der Waals surface area contributed by atoms with Crippen molar-refractivity contribution in [3.05, 3.63) is 0 Å². The van der Waals surface area contributed by atoms with Crippen LogP contribution in [0, 0.1) is 11.8 Å². The second-order valence-electron chi connectivity index (χ2n) is 6.80. The van der Waals surface area contributed by atoms with Crippen LogP contribution in [0.1, 0.15) is 51.4 Å². The number of hydrogen-bond acceptors (Lipinski definition) is 3. The second-order valence-corrected chi connectivity index (χ2v) is 9.02. The van der Waals surface area contributed by atoms with Crippen LogP contribution in [0.2, 0.25) is 0 Å². The Morgan fingerprint density at radius 1 is 1.09 bits per heavy atom. The van der Waals surface area contributed by atoms with Crippen molar-refractivity contribution in [1.82, 2.24) is 10.6 Å². The third-order valence-electron chi connectivity index (χ3n) is 4.91. The number of nitrogens with one attached hydrogen (secondary N) is 2. The molecule has 0 aromatic carbocycles. The first-order chi connectivity index (χ1) is 10.6. The molecule has 1 saturated heterocycles. The molecule has 2 N–H and O–H groups in total. The molecule has 0 radical (unpaired) electrons. The minimum absolute atomic E-state index is 0.228. The summed E-state index contributed by atoms with van der Waals surface area (Å²) in [7, 11) is -1.02. The van der Waals surface area contributed by atoms with E-state index in [9.17, 15) is 8.42 Å². The molecule has 6 heteroatoms. The first kappa shape index (κ1) is 17.6. The maximum atomic E-state index is 11.4. The Morgan fingerprint density at radius 2 is 1.86 bits per heavy atom. The number of sulfone groups is 1. The van der Waals surface area contributed by atoms with Crippen LogP contribution in [0.3, 0.4) is 0 Å². The number of nitrogens with zero attached hydrogens (tertiary/aromatic N) is 1. The van der Waals surface area contributed by atoms with Gasteiger partial charge in [0.25, 0.3) is 0 Å². The summed E-state index contributed by atoms with van der Waals surface area (Å²) in [6.45, 7) is 1.64. The molecule has 5 nitrogen and oxygen atoms in total. The molecule has 1 saturated carbocycles. The molecule has 0 aromatic heterocycles. The molecule has 22 heavy (non-hydrogen) atoms. The highest BCUT2D eigenvalue weighted by molar-refractivity contribution is 7.91. The van der Waals surface area contributed by atoms with Crippen LogP contribution < -0.4 is 10.6 Å². The summed E-state index contributed by atoms with van der Waals surface area (Å²) < 4.78 is 22.9. The Labute approximate surface area is 135 Å². The summed E-state index contributed by atoms with van der Waals surface area (Å²) in [6, 6.07) is 0. The van der Waals surface area contributed by atoms with E-state index >= 15 is 0 Å². The summed E-state index contributed by atoms with van der Waals surface area (Å²) in [5.74, 6) is 2.61. The summed E-state index contributed by atoms with van der Waals surface area (Å²) in [5, 5.41) is 6.61. The van der Waals surface area contributed by atoms with Crippen LogP contribution in [0.15, 0.2) is 4.99 Å². The van der Waals surface area contributed by atoms with Gasteiger partial charge in [0.05, 0.1) is 11.5 Å². The fourth-order valence-corrected chi connectivity index (χ4v) is 5.43. The fraction of sp³-hybridized carbons (Fsp3) is 0.938. The van der Waals surface area contributed by atoms with Crippen LogP contribution in [0.4, 0.5) is 0 Å². The van der Waals surface area contributed by atoms with Crippen LogP contribution in [0.5, 0.6) is 0 Å². The topological polar surface area (TPSA) is 70.6 Å². The minimum Gasteiger partial charge on any atom is -0.356 e. The highest BCUT2D eigenvalue weighted by Crippen LogP contribution is 2.26. The zero-order valence-corrected chi connectivity index (χ0v) is 14.6. The monoisotopic (exact) mass is 329 g/mol. The van der Waals surface area contributed by atoms with Gasteiger partial charge in [0.2, 0.25) is 0 Å². The third-order valence-corrected chi connectivity index (χ3v) is 6.75. The van der Waals surface area contributed by atoms with Crippen molar-refractivity contribution in [2.24, 2.45) is 16.8 Å². The molecule has 1 heterocycles. The van der Waals surface area contributed by atoms with Crippen molar-refractivity contribution >= 4 is 15.8 Å². The lowest BCUT2D eigenvalue weighted by molar-refractivity contribution is 0.332. The summed E-state index contributed by atoms with van der Waals surface area (Å²) in [4.78, 5) is 4.21. The largest absolute Gasteiger partial charge is 0.356 e. The number of guanidine groups is 1. The molecule has 1 aliphatic heterocycles. The normalized spacial score (nSPS) is 26.0. The van der Waals surface area contributed by atoms with Crippen LogP contribution in [-0.2, 0) is 9.84 Å². The summed E-state index contributed by atoms with van der Waals surface area (Å²) in [5.41, 5.74) is 0. The van der Waals surface area contributed by atoms with E-state index in [1.165, 1.54) is 44.9 Å².